The maximum atomic E-state index is 12.8. The van der Waals surface area contributed by atoms with E-state index in [1.54, 1.807) is 12.3 Å². The van der Waals surface area contributed by atoms with Crippen LogP contribution < -0.4 is 0 Å². The molecule has 158 valence electrons. The normalized spacial score (nSPS) is 24.1. The third kappa shape index (κ3) is 4.78. The zero-order chi connectivity index (χ0) is 20.3. The monoisotopic (exact) mass is 401 g/mol. The molecule has 0 N–H and O–H groups in total. The second kappa shape index (κ2) is 8.79. The van der Waals surface area contributed by atoms with E-state index in [2.05, 4.69) is 4.98 Å². The van der Waals surface area contributed by atoms with Crippen LogP contribution in [0, 0.1) is 6.92 Å². The molecule has 1 unspecified atom stereocenters. The molecule has 29 heavy (non-hydrogen) atoms. The summed E-state index contributed by atoms with van der Waals surface area (Å²) in [6.07, 6.45) is 7.18. The first kappa shape index (κ1) is 20.3. The van der Waals surface area contributed by atoms with Gasteiger partial charge in [0.05, 0.1) is 11.7 Å². The van der Waals surface area contributed by atoms with E-state index in [-0.39, 0.29) is 30.1 Å². The predicted molar refractivity (Wildman–Crippen MR) is 108 cm³/mol. The molecule has 2 amide bonds. The van der Waals surface area contributed by atoms with Gasteiger partial charge in [-0.3, -0.25) is 14.6 Å². The summed E-state index contributed by atoms with van der Waals surface area (Å²) < 4.78 is 12.2. The molecule has 0 saturated carbocycles. The van der Waals surface area contributed by atoms with Gasteiger partial charge in [-0.1, -0.05) is 0 Å². The number of likely N-dealkylation sites (tertiary alicyclic amines) is 2. The number of carbonyl (C=O) groups is 2. The molecular formula is C22H31N3O4. The minimum atomic E-state index is -0.232. The molecular weight excluding hydrogens is 370 g/mol. The number of rotatable bonds is 4. The highest BCUT2D eigenvalue weighted by Gasteiger charge is 2.41. The molecule has 0 bridgehead atoms. The van der Waals surface area contributed by atoms with Gasteiger partial charge in [-0.05, 0) is 51.2 Å². The topological polar surface area (TPSA) is 72.0 Å². The van der Waals surface area contributed by atoms with Crippen LogP contribution in [0.1, 0.15) is 54.6 Å². The van der Waals surface area contributed by atoms with Crippen molar-refractivity contribution in [3.8, 4) is 0 Å². The van der Waals surface area contributed by atoms with Crippen molar-refractivity contribution in [1.29, 1.82) is 0 Å². The first-order chi connectivity index (χ1) is 14.0. The molecule has 3 aliphatic rings. The van der Waals surface area contributed by atoms with Crippen molar-refractivity contribution in [1.82, 2.24) is 14.8 Å². The van der Waals surface area contributed by atoms with Crippen molar-refractivity contribution in [2.24, 2.45) is 0 Å². The fraction of sp³-hybridized carbons (Fsp3) is 0.682. The second-order valence-electron chi connectivity index (χ2n) is 8.52. The molecule has 4 rings (SSSR count). The number of ether oxygens (including phenoxy) is 2. The van der Waals surface area contributed by atoms with Crippen LogP contribution in [0.2, 0.25) is 0 Å². The molecule has 7 nitrogen and oxygen atoms in total. The smallest absolute Gasteiger partial charge is 0.253 e. The molecule has 1 spiro atoms. The Balaban J connectivity index is 1.28. The van der Waals surface area contributed by atoms with E-state index in [1.165, 1.54) is 0 Å². The quantitative estimate of drug-likeness (QED) is 0.773. The fourth-order valence-electron chi connectivity index (χ4n) is 4.70. The number of pyridine rings is 1. The molecule has 0 radical (unpaired) electrons. The van der Waals surface area contributed by atoms with Crippen LogP contribution >= 0.6 is 0 Å². The van der Waals surface area contributed by atoms with Gasteiger partial charge < -0.3 is 19.3 Å². The lowest BCUT2D eigenvalue weighted by Gasteiger charge is -2.46. The first-order valence-corrected chi connectivity index (χ1v) is 10.8. The Morgan fingerprint density at radius 1 is 1.21 bits per heavy atom. The molecule has 1 aromatic heterocycles. The number of aryl methyl sites for hydroxylation is 1. The molecule has 3 saturated heterocycles. The van der Waals surface area contributed by atoms with Crippen LogP contribution in [0.5, 0.6) is 0 Å². The minimum Gasteiger partial charge on any atom is -0.375 e. The highest BCUT2D eigenvalue weighted by molar-refractivity contribution is 5.94. The van der Waals surface area contributed by atoms with Gasteiger partial charge in [0.1, 0.15) is 6.61 Å². The summed E-state index contributed by atoms with van der Waals surface area (Å²) >= 11 is 0. The summed E-state index contributed by atoms with van der Waals surface area (Å²) in [7, 11) is 0. The summed E-state index contributed by atoms with van der Waals surface area (Å²) in [6, 6.07) is 3.61. The summed E-state index contributed by atoms with van der Waals surface area (Å²) in [5, 5.41) is 0. The Bertz CT molecular complexity index is 739. The Morgan fingerprint density at radius 3 is 2.69 bits per heavy atom. The lowest BCUT2D eigenvalue weighted by molar-refractivity contribution is -0.161. The van der Waals surface area contributed by atoms with Gasteiger partial charge in [-0.2, -0.15) is 0 Å². The maximum Gasteiger partial charge on any atom is 0.253 e. The zero-order valence-corrected chi connectivity index (χ0v) is 17.3. The Labute approximate surface area is 172 Å². The van der Waals surface area contributed by atoms with Gasteiger partial charge in [-0.15, -0.1) is 0 Å². The lowest BCUT2D eigenvalue weighted by Crippen LogP contribution is -2.52. The van der Waals surface area contributed by atoms with Gasteiger partial charge in [0.25, 0.3) is 5.91 Å². The number of hydrogen-bond acceptors (Lipinski definition) is 5. The third-order valence-electron chi connectivity index (χ3n) is 6.45. The number of aromatic nitrogens is 1. The molecule has 3 aliphatic heterocycles. The van der Waals surface area contributed by atoms with Gasteiger partial charge in [0, 0.05) is 56.7 Å². The third-order valence-corrected chi connectivity index (χ3v) is 6.45. The van der Waals surface area contributed by atoms with E-state index in [9.17, 15) is 9.59 Å². The van der Waals surface area contributed by atoms with Gasteiger partial charge in [0.15, 0.2) is 0 Å². The summed E-state index contributed by atoms with van der Waals surface area (Å²) in [4.78, 5) is 33.0. The fourth-order valence-corrected chi connectivity index (χ4v) is 4.70. The number of nitrogens with zero attached hydrogens (tertiary/aromatic N) is 3. The van der Waals surface area contributed by atoms with Crippen molar-refractivity contribution in [2.75, 3.05) is 39.4 Å². The van der Waals surface area contributed by atoms with E-state index in [1.807, 2.05) is 22.8 Å². The molecule has 3 fully saturated rings. The highest BCUT2D eigenvalue weighted by Crippen LogP contribution is 2.36. The molecule has 0 aliphatic carbocycles. The molecule has 1 atom stereocenters. The minimum absolute atomic E-state index is 0.0559. The predicted octanol–water partition coefficient (Wildman–Crippen LogP) is 2.18. The highest BCUT2D eigenvalue weighted by atomic mass is 16.5. The van der Waals surface area contributed by atoms with Crippen molar-refractivity contribution >= 4 is 11.8 Å². The molecule has 1 aromatic rings. The number of carbonyl (C=O) groups excluding carboxylic acids is 2. The SMILES string of the molecule is Cc1cc(C(=O)N2CCC3(CC2)CC(OCC(=O)N2CCCC2)CCO3)ccn1. The van der Waals surface area contributed by atoms with Crippen LogP contribution in [0.4, 0.5) is 0 Å². The van der Waals surface area contributed by atoms with Gasteiger partial charge >= 0.3 is 0 Å². The van der Waals surface area contributed by atoms with Crippen LogP contribution in [0.25, 0.3) is 0 Å². The number of piperidine rings is 1. The molecule has 4 heterocycles. The van der Waals surface area contributed by atoms with Crippen LogP contribution in [0.3, 0.4) is 0 Å². The lowest BCUT2D eigenvalue weighted by atomic mass is 9.83. The van der Waals surface area contributed by atoms with E-state index >= 15 is 0 Å². The van der Waals surface area contributed by atoms with E-state index in [0.29, 0.717) is 25.3 Å². The zero-order valence-electron chi connectivity index (χ0n) is 17.3. The van der Waals surface area contributed by atoms with Crippen LogP contribution in [0.15, 0.2) is 18.3 Å². The summed E-state index contributed by atoms with van der Waals surface area (Å²) in [5.41, 5.74) is 1.31. The summed E-state index contributed by atoms with van der Waals surface area (Å²) in [6.45, 7) is 5.81. The van der Waals surface area contributed by atoms with Crippen LogP contribution in [-0.4, -0.2) is 77.7 Å². The summed E-state index contributed by atoms with van der Waals surface area (Å²) in [5.74, 6) is 0.168. The van der Waals surface area contributed by atoms with Crippen LogP contribution in [-0.2, 0) is 14.3 Å². The first-order valence-electron chi connectivity index (χ1n) is 10.8. The van der Waals surface area contributed by atoms with E-state index in [4.69, 9.17) is 9.47 Å². The number of amides is 2. The van der Waals surface area contributed by atoms with Crippen molar-refractivity contribution < 1.29 is 19.1 Å². The molecule has 0 aromatic carbocycles. The van der Waals surface area contributed by atoms with Gasteiger partial charge in [0.2, 0.25) is 5.91 Å². The Morgan fingerprint density at radius 2 is 1.97 bits per heavy atom. The average Bonchev–Trinajstić information content (AvgIpc) is 3.27. The largest absolute Gasteiger partial charge is 0.375 e. The van der Waals surface area contributed by atoms with Crippen molar-refractivity contribution in [3.05, 3.63) is 29.6 Å². The average molecular weight is 402 g/mol. The second-order valence-corrected chi connectivity index (χ2v) is 8.52. The Kier molecular flexibility index (Phi) is 6.15. The van der Waals surface area contributed by atoms with Crippen molar-refractivity contribution in [2.45, 2.75) is 57.2 Å². The molecule has 7 heteroatoms. The number of hydrogen-bond donors (Lipinski definition) is 0. The standard InChI is InChI=1S/C22H31N3O4/c1-17-14-18(4-8-23-17)21(27)25-11-6-22(7-12-25)15-19(5-13-29-22)28-16-20(26)24-9-2-3-10-24/h4,8,14,19H,2-3,5-7,9-13,15-16H2,1H3. The van der Waals surface area contributed by atoms with E-state index < -0.39 is 0 Å². The van der Waals surface area contributed by atoms with Gasteiger partial charge in [-0.25, -0.2) is 0 Å². The van der Waals surface area contributed by atoms with Crippen molar-refractivity contribution in [3.63, 3.8) is 0 Å². The maximum absolute atomic E-state index is 12.8. The van der Waals surface area contributed by atoms with E-state index in [0.717, 1.165) is 57.3 Å². The Hall–Kier alpha value is -1.99.